The first kappa shape index (κ1) is 64.1. The van der Waals surface area contributed by atoms with Crippen molar-refractivity contribution in [2.75, 3.05) is 6.54 Å². The molecule has 0 unspecified atom stereocenters. The van der Waals surface area contributed by atoms with Gasteiger partial charge in [-0.3, -0.25) is 47.9 Å². The second kappa shape index (κ2) is 31.3. The van der Waals surface area contributed by atoms with Crippen molar-refractivity contribution in [1.29, 1.82) is 0 Å². The molecule has 9 amide bonds. The number of amides is 9. The largest absolute Gasteiger partial charge is 0.481 e. The number of rotatable bonds is 32. The SMILES string of the molecule is CC[C@H](C)[C@H](NC(=O)CNC(=O)[C@@H](NC(=O)[C@H](C)NC(=O)[C@H](C)NC(=O)[C@H](CC(C)C)NC(=O)[C@@H]([NH3+])CCC(=O)O)[C@@H](C)CC)C(=O)N[C@@H](CC(C)C)C(=O)N[C@H](C(=O)N[C@H](C(=O)O)C(C)C)[C@@H](C)O. The minimum absolute atomic E-state index is 0.0475. The van der Waals surface area contributed by atoms with Gasteiger partial charge in [0, 0.05) is 6.42 Å². The number of aliphatic hydroxyl groups is 1. The van der Waals surface area contributed by atoms with Crippen molar-refractivity contribution in [1.82, 2.24) is 47.9 Å². The van der Waals surface area contributed by atoms with Crippen LogP contribution in [0.25, 0.3) is 0 Å². The number of aliphatic hydroxyl groups excluding tert-OH is 1. The Morgan fingerprint density at radius 2 is 0.871 bits per heavy atom. The van der Waals surface area contributed by atoms with E-state index < -0.39 is 150 Å². The van der Waals surface area contributed by atoms with Gasteiger partial charge in [0.05, 0.1) is 19.1 Å². The highest BCUT2D eigenvalue weighted by Gasteiger charge is 2.36. The fraction of sp³-hybridized carbons (Fsp3) is 0.761. The molecule has 15 N–H and O–H groups in total. The molecule has 0 spiro atoms. The average molecular weight is 1000 g/mol. The molecule has 12 atom stereocenters. The molecular weight excluding hydrogens is 917 g/mol. The van der Waals surface area contributed by atoms with Gasteiger partial charge in [0.2, 0.25) is 47.3 Å². The van der Waals surface area contributed by atoms with E-state index in [0.717, 1.165) is 0 Å². The molecule has 0 rings (SSSR count). The summed E-state index contributed by atoms with van der Waals surface area (Å²) in [6.45, 7) is 20.6. The van der Waals surface area contributed by atoms with Gasteiger partial charge in [0.1, 0.15) is 48.3 Å². The monoisotopic (exact) mass is 1000 g/mol. The van der Waals surface area contributed by atoms with Crippen LogP contribution < -0.4 is 53.6 Å². The maximum absolute atomic E-state index is 13.8. The van der Waals surface area contributed by atoms with Gasteiger partial charge in [-0.25, -0.2) is 4.79 Å². The van der Waals surface area contributed by atoms with Crippen LogP contribution in [-0.4, -0.2) is 147 Å². The Hall–Kier alpha value is -5.91. The Labute approximate surface area is 411 Å². The lowest BCUT2D eigenvalue weighted by Crippen LogP contribution is -2.69. The molecule has 0 radical (unpaired) electrons. The number of nitrogens with one attached hydrogen (secondary N) is 9. The summed E-state index contributed by atoms with van der Waals surface area (Å²) in [6, 6.07) is -11.0. The number of carboxylic acid groups (broad SMARTS) is 2. The van der Waals surface area contributed by atoms with Gasteiger partial charge >= 0.3 is 11.9 Å². The molecule has 0 aliphatic heterocycles. The third-order valence-electron chi connectivity index (χ3n) is 11.6. The van der Waals surface area contributed by atoms with E-state index in [4.69, 9.17) is 5.11 Å². The van der Waals surface area contributed by atoms with E-state index in [1.807, 2.05) is 13.8 Å². The van der Waals surface area contributed by atoms with Gasteiger partial charge in [-0.15, -0.1) is 0 Å². The number of carbonyl (C=O) groups is 11. The fourth-order valence-corrected chi connectivity index (χ4v) is 6.77. The van der Waals surface area contributed by atoms with Crippen LogP contribution >= 0.6 is 0 Å². The lowest BCUT2D eigenvalue weighted by atomic mass is 9.96. The second-order valence-electron chi connectivity index (χ2n) is 19.3. The summed E-state index contributed by atoms with van der Waals surface area (Å²) in [5, 5.41) is 51.5. The Morgan fingerprint density at radius 1 is 0.471 bits per heavy atom. The van der Waals surface area contributed by atoms with Crippen LogP contribution in [0.15, 0.2) is 0 Å². The first-order valence-electron chi connectivity index (χ1n) is 24.0. The Morgan fingerprint density at radius 3 is 1.30 bits per heavy atom. The lowest BCUT2D eigenvalue weighted by Gasteiger charge is -2.29. The summed E-state index contributed by atoms with van der Waals surface area (Å²) in [4.78, 5) is 142. The molecule has 0 aromatic carbocycles. The molecule has 0 aromatic rings. The van der Waals surface area contributed by atoms with E-state index >= 15 is 0 Å². The molecule has 24 nitrogen and oxygen atoms in total. The summed E-state index contributed by atoms with van der Waals surface area (Å²) in [5.74, 6) is -11.1. The molecule has 24 heteroatoms. The second-order valence-corrected chi connectivity index (χ2v) is 19.3. The van der Waals surface area contributed by atoms with E-state index in [1.165, 1.54) is 20.8 Å². The van der Waals surface area contributed by atoms with E-state index in [2.05, 4.69) is 53.6 Å². The van der Waals surface area contributed by atoms with Crippen LogP contribution in [0.5, 0.6) is 0 Å². The molecule has 0 heterocycles. The first-order valence-corrected chi connectivity index (χ1v) is 24.0. The van der Waals surface area contributed by atoms with Crippen molar-refractivity contribution in [2.45, 2.75) is 189 Å². The van der Waals surface area contributed by atoms with Gasteiger partial charge in [0.25, 0.3) is 5.91 Å². The summed E-state index contributed by atoms with van der Waals surface area (Å²) < 4.78 is 0. The summed E-state index contributed by atoms with van der Waals surface area (Å²) in [5.41, 5.74) is 3.67. The number of quaternary nitrogens is 1. The Kier molecular flexibility index (Phi) is 28.7. The minimum atomic E-state index is -1.58. The quantitative estimate of drug-likeness (QED) is 0.0341. The van der Waals surface area contributed by atoms with Gasteiger partial charge in [-0.05, 0) is 63.2 Å². The minimum Gasteiger partial charge on any atom is -0.481 e. The van der Waals surface area contributed by atoms with Crippen LogP contribution in [0, 0.1) is 29.6 Å². The summed E-state index contributed by atoms with van der Waals surface area (Å²) in [7, 11) is 0. The number of hydrogen-bond donors (Lipinski definition) is 13. The van der Waals surface area contributed by atoms with Crippen LogP contribution in [0.1, 0.15) is 129 Å². The highest BCUT2D eigenvalue weighted by molar-refractivity contribution is 5.98. The van der Waals surface area contributed by atoms with E-state index in [-0.39, 0.29) is 37.5 Å². The van der Waals surface area contributed by atoms with Crippen LogP contribution in [-0.2, 0) is 52.7 Å². The maximum atomic E-state index is 13.8. The Bertz CT molecular complexity index is 1810. The fourth-order valence-electron chi connectivity index (χ4n) is 6.77. The smallest absolute Gasteiger partial charge is 0.326 e. The van der Waals surface area contributed by atoms with Gasteiger partial charge in [0.15, 0.2) is 6.04 Å². The number of aliphatic carboxylic acids is 2. The number of hydrogen-bond acceptors (Lipinski definition) is 12. The van der Waals surface area contributed by atoms with Gasteiger partial charge in [-0.1, -0.05) is 82.1 Å². The molecule has 0 saturated carbocycles. The van der Waals surface area contributed by atoms with Crippen LogP contribution in [0.2, 0.25) is 0 Å². The summed E-state index contributed by atoms with van der Waals surface area (Å²) in [6.07, 6.45) is -0.731. The zero-order valence-electron chi connectivity index (χ0n) is 43.1. The van der Waals surface area contributed by atoms with Crippen molar-refractivity contribution in [2.24, 2.45) is 29.6 Å². The average Bonchev–Trinajstić information content (AvgIpc) is 3.26. The molecule has 400 valence electrons. The maximum Gasteiger partial charge on any atom is 0.326 e. The third-order valence-corrected chi connectivity index (χ3v) is 11.6. The van der Waals surface area contributed by atoms with Crippen molar-refractivity contribution in [3.8, 4) is 0 Å². The molecule has 0 aliphatic carbocycles. The van der Waals surface area contributed by atoms with Crippen LogP contribution in [0.4, 0.5) is 0 Å². The number of carbonyl (C=O) groups excluding carboxylic acids is 9. The summed E-state index contributed by atoms with van der Waals surface area (Å²) >= 11 is 0. The molecule has 70 heavy (non-hydrogen) atoms. The molecule has 0 saturated heterocycles. The predicted octanol–water partition coefficient (Wildman–Crippen LogP) is -2.20. The van der Waals surface area contributed by atoms with Crippen molar-refractivity contribution < 1.29 is 73.8 Å². The first-order chi connectivity index (χ1) is 32.4. The van der Waals surface area contributed by atoms with E-state index in [9.17, 15) is 63.0 Å². The van der Waals surface area contributed by atoms with E-state index in [1.54, 1.807) is 55.4 Å². The molecular formula is C46H83N10O14+. The van der Waals surface area contributed by atoms with E-state index in [0.29, 0.717) is 12.8 Å². The number of carboxylic acids is 2. The molecule has 0 aromatic heterocycles. The molecule has 0 aliphatic rings. The lowest BCUT2D eigenvalue weighted by molar-refractivity contribution is -0.405. The molecule has 0 fully saturated rings. The third kappa shape index (κ3) is 23.1. The van der Waals surface area contributed by atoms with Crippen molar-refractivity contribution >= 4 is 65.1 Å². The van der Waals surface area contributed by atoms with Gasteiger partial charge < -0.3 is 68.9 Å². The molecule has 0 bridgehead atoms. The standard InChI is InChI=1S/C46H82N10O14/c1-14-24(9)35(55-39(62)27(12)49-38(61)26(11)50-41(64)30(18-21(3)4)51-40(63)29(47)16-17-33(59)60)43(66)48-20-32(58)53-36(25(10)15-2)44(67)52-31(19-22(5)6)42(65)56-37(28(13)57)45(68)54-34(23(7)8)46(69)70/h21-31,34-37,57H,14-20,47H2,1-13H3,(H,48,66)(H,49,61)(H,50,64)(H,51,63)(H,52,67)(H,53,58)(H,54,68)(H,55,62)(H,56,65)(H,59,60)(H,69,70)/p+1/t24-,25-,26-,27-,28+,29-,30-,31-,34-,35-,36-,37-/m0/s1. The zero-order valence-corrected chi connectivity index (χ0v) is 43.1. The van der Waals surface area contributed by atoms with Crippen molar-refractivity contribution in [3.05, 3.63) is 0 Å². The topological polar surface area (TPSA) is 384 Å². The van der Waals surface area contributed by atoms with Crippen LogP contribution in [0.3, 0.4) is 0 Å². The highest BCUT2D eigenvalue weighted by Crippen LogP contribution is 2.13. The highest BCUT2D eigenvalue weighted by atomic mass is 16.4. The zero-order chi connectivity index (χ0) is 54.3. The van der Waals surface area contributed by atoms with Crippen molar-refractivity contribution in [3.63, 3.8) is 0 Å². The normalized spacial score (nSPS) is 16.5. The predicted molar refractivity (Wildman–Crippen MR) is 255 cm³/mol. The Balaban J connectivity index is 5.88. The van der Waals surface area contributed by atoms with Gasteiger partial charge in [-0.2, -0.15) is 0 Å².